The predicted molar refractivity (Wildman–Crippen MR) is 75.0 cm³/mol. The van der Waals surface area contributed by atoms with Crippen molar-refractivity contribution in [3.05, 3.63) is 29.3 Å². The Labute approximate surface area is 109 Å². The fraction of sp³-hybridized carbons (Fsp3) is 0.571. The molecule has 1 heterocycles. The van der Waals surface area contributed by atoms with Crippen molar-refractivity contribution in [3.8, 4) is 0 Å². The van der Waals surface area contributed by atoms with E-state index in [2.05, 4.69) is 43.1 Å². The molecular weight excluding hydrogens is 232 g/mol. The fourth-order valence-electron chi connectivity index (χ4n) is 2.72. The van der Waals surface area contributed by atoms with Crippen LogP contribution >= 0.6 is 11.6 Å². The van der Waals surface area contributed by atoms with E-state index < -0.39 is 0 Å². The van der Waals surface area contributed by atoms with Gasteiger partial charge in [0.2, 0.25) is 0 Å². The maximum atomic E-state index is 5.96. The second-order valence-corrected chi connectivity index (χ2v) is 5.91. The molecule has 0 saturated carbocycles. The number of hydrogen-bond donors (Lipinski definition) is 1. The van der Waals surface area contributed by atoms with Gasteiger partial charge in [-0.3, -0.25) is 0 Å². The highest BCUT2D eigenvalue weighted by atomic mass is 35.5. The first-order valence-corrected chi connectivity index (χ1v) is 6.64. The Kier molecular flexibility index (Phi) is 3.64. The Bertz CT molecular complexity index is 372. The summed E-state index contributed by atoms with van der Waals surface area (Å²) in [4.78, 5) is 2.50. The van der Waals surface area contributed by atoms with Crippen LogP contribution in [0.1, 0.15) is 27.2 Å². The van der Waals surface area contributed by atoms with E-state index in [4.69, 9.17) is 11.6 Å². The lowest BCUT2D eigenvalue weighted by Gasteiger charge is -2.42. The molecule has 17 heavy (non-hydrogen) atoms. The largest absolute Gasteiger partial charge is 0.362 e. The standard InChI is InChI=1S/C14H21ClN2/c1-11-8-9-16-10-14(2,3)17(11)13-6-4-12(15)5-7-13/h4-7,11,16H,8-10H2,1-3H3. The molecule has 1 aromatic carbocycles. The molecule has 1 fully saturated rings. The van der Waals surface area contributed by atoms with Crippen LogP contribution in [0.2, 0.25) is 5.02 Å². The summed E-state index contributed by atoms with van der Waals surface area (Å²) < 4.78 is 0. The van der Waals surface area contributed by atoms with Crippen molar-refractivity contribution < 1.29 is 0 Å². The van der Waals surface area contributed by atoms with Crippen molar-refractivity contribution in [2.75, 3.05) is 18.0 Å². The number of hydrogen-bond acceptors (Lipinski definition) is 2. The van der Waals surface area contributed by atoms with Crippen LogP contribution in [0.4, 0.5) is 5.69 Å². The summed E-state index contributed by atoms with van der Waals surface area (Å²) in [5, 5.41) is 4.31. The van der Waals surface area contributed by atoms with Crippen LogP contribution in [0.25, 0.3) is 0 Å². The Balaban J connectivity index is 2.34. The van der Waals surface area contributed by atoms with E-state index in [0.29, 0.717) is 6.04 Å². The van der Waals surface area contributed by atoms with Crippen molar-refractivity contribution in [2.24, 2.45) is 0 Å². The van der Waals surface area contributed by atoms with Gasteiger partial charge in [-0.1, -0.05) is 11.6 Å². The van der Waals surface area contributed by atoms with Gasteiger partial charge < -0.3 is 10.2 Å². The lowest BCUT2D eigenvalue weighted by molar-refractivity contribution is 0.433. The summed E-state index contributed by atoms with van der Waals surface area (Å²) in [7, 11) is 0. The minimum Gasteiger partial charge on any atom is -0.362 e. The van der Waals surface area contributed by atoms with Crippen molar-refractivity contribution in [2.45, 2.75) is 38.8 Å². The summed E-state index contributed by atoms with van der Waals surface area (Å²) in [5.41, 5.74) is 1.39. The Morgan fingerprint density at radius 2 is 1.94 bits per heavy atom. The van der Waals surface area contributed by atoms with Gasteiger partial charge in [-0.15, -0.1) is 0 Å². The fourth-order valence-corrected chi connectivity index (χ4v) is 2.85. The molecule has 94 valence electrons. The van der Waals surface area contributed by atoms with E-state index in [1.54, 1.807) is 0 Å². The molecule has 1 aliphatic rings. The summed E-state index contributed by atoms with van der Waals surface area (Å²) in [6, 6.07) is 8.72. The molecule has 0 radical (unpaired) electrons. The van der Waals surface area contributed by atoms with Gasteiger partial charge in [0, 0.05) is 28.8 Å². The first-order valence-electron chi connectivity index (χ1n) is 6.26. The van der Waals surface area contributed by atoms with E-state index in [9.17, 15) is 0 Å². The van der Waals surface area contributed by atoms with Gasteiger partial charge in [0.25, 0.3) is 0 Å². The highest BCUT2D eigenvalue weighted by molar-refractivity contribution is 6.30. The molecule has 0 spiro atoms. The quantitative estimate of drug-likeness (QED) is 0.825. The third-order valence-electron chi connectivity index (χ3n) is 3.49. The topological polar surface area (TPSA) is 15.3 Å². The normalized spacial score (nSPS) is 24.5. The SMILES string of the molecule is CC1CCNCC(C)(C)N1c1ccc(Cl)cc1. The average Bonchev–Trinajstić information content (AvgIpc) is 2.39. The van der Waals surface area contributed by atoms with Gasteiger partial charge in [-0.2, -0.15) is 0 Å². The van der Waals surface area contributed by atoms with Gasteiger partial charge in [-0.05, 0) is 58.0 Å². The minimum absolute atomic E-state index is 0.129. The molecule has 0 bridgehead atoms. The highest BCUT2D eigenvalue weighted by Gasteiger charge is 2.32. The van der Waals surface area contributed by atoms with Crippen LogP contribution in [0.15, 0.2) is 24.3 Å². The zero-order chi connectivity index (χ0) is 12.5. The number of nitrogens with zero attached hydrogens (tertiary/aromatic N) is 1. The highest BCUT2D eigenvalue weighted by Crippen LogP contribution is 2.29. The van der Waals surface area contributed by atoms with Crippen molar-refractivity contribution in [1.82, 2.24) is 5.32 Å². The summed E-state index contributed by atoms with van der Waals surface area (Å²) in [6.07, 6.45) is 1.17. The number of nitrogens with one attached hydrogen (secondary N) is 1. The zero-order valence-corrected chi connectivity index (χ0v) is 11.6. The second kappa shape index (κ2) is 4.87. The van der Waals surface area contributed by atoms with Crippen LogP contribution in [-0.4, -0.2) is 24.7 Å². The summed E-state index contributed by atoms with van der Waals surface area (Å²) >= 11 is 5.96. The maximum Gasteiger partial charge on any atom is 0.0473 e. The Hall–Kier alpha value is -0.730. The van der Waals surface area contributed by atoms with Crippen LogP contribution in [-0.2, 0) is 0 Å². The summed E-state index contributed by atoms with van der Waals surface area (Å²) in [5.74, 6) is 0. The molecule has 2 rings (SSSR count). The van der Waals surface area contributed by atoms with Crippen molar-refractivity contribution in [1.29, 1.82) is 0 Å². The van der Waals surface area contributed by atoms with Gasteiger partial charge in [-0.25, -0.2) is 0 Å². The maximum absolute atomic E-state index is 5.96. The molecule has 1 atom stereocenters. The third kappa shape index (κ3) is 2.75. The Morgan fingerprint density at radius 3 is 2.59 bits per heavy atom. The van der Waals surface area contributed by atoms with Crippen LogP contribution in [0.5, 0.6) is 0 Å². The molecule has 0 aliphatic carbocycles. The second-order valence-electron chi connectivity index (χ2n) is 5.47. The number of anilines is 1. The third-order valence-corrected chi connectivity index (χ3v) is 3.75. The molecule has 2 nitrogen and oxygen atoms in total. The number of halogens is 1. The minimum atomic E-state index is 0.129. The van der Waals surface area contributed by atoms with Crippen molar-refractivity contribution >= 4 is 17.3 Å². The van der Waals surface area contributed by atoms with E-state index in [0.717, 1.165) is 18.1 Å². The van der Waals surface area contributed by atoms with Gasteiger partial charge in [0.15, 0.2) is 0 Å². The van der Waals surface area contributed by atoms with E-state index in [1.165, 1.54) is 12.1 Å². The van der Waals surface area contributed by atoms with Gasteiger partial charge in [0.1, 0.15) is 0 Å². The number of benzene rings is 1. The molecule has 1 N–H and O–H groups in total. The molecular formula is C14H21ClN2. The molecule has 3 heteroatoms. The first-order chi connectivity index (χ1) is 8.00. The molecule has 0 amide bonds. The van der Waals surface area contributed by atoms with Crippen LogP contribution in [0, 0.1) is 0 Å². The lowest BCUT2D eigenvalue weighted by Crippen LogP contribution is -2.51. The van der Waals surface area contributed by atoms with Crippen LogP contribution < -0.4 is 10.2 Å². The van der Waals surface area contributed by atoms with E-state index in [1.807, 2.05) is 12.1 Å². The number of rotatable bonds is 1. The van der Waals surface area contributed by atoms with Crippen LogP contribution in [0.3, 0.4) is 0 Å². The monoisotopic (exact) mass is 252 g/mol. The lowest BCUT2D eigenvalue weighted by atomic mass is 9.99. The first kappa shape index (κ1) is 12.7. The molecule has 1 unspecified atom stereocenters. The van der Waals surface area contributed by atoms with E-state index in [-0.39, 0.29) is 5.54 Å². The summed E-state index contributed by atoms with van der Waals surface area (Å²) in [6.45, 7) is 8.98. The van der Waals surface area contributed by atoms with E-state index >= 15 is 0 Å². The average molecular weight is 253 g/mol. The Morgan fingerprint density at radius 1 is 1.29 bits per heavy atom. The van der Waals surface area contributed by atoms with Crippen molar-refractivity contribution in [3.63, 3.8) is 0 Å². The van der Waals surface area contributed by atoms with Gasteiger partial charge >= 0.3 is 0 Å². The zero-order valence-electron chi connectivity index (χ0n) is 10.8. The molecule has 1 saturated heterocycles. The molecule has 1 aliphatic heterocycles. The molecule has 1 aromatic rings. The predicted octanol–water partition coefficient (Wildman–Crippen LogP) is 3.31. The molecule has 0 aromatic heterocycles. The van der Waals surface area contributed by atoms with Gasteiger partial charge in [0.05, 0.1) is 0 Å². The smallest absolute Gasteiger partial charge is 0.0473 e.